The van der Waals surface area contributed by atoms with Gasteiger partial charge in [0.15, 0.2) is 0 Å². The summed E-state index contributed by atoms with van der Waals surface area (Å²) in [7, 11) is 0. The Morgan fingerprint density at radius 1 is 0.542 bits per heavy atom. The molecule has 3 aromatic rings. The van der Waals surface area contributed by atoms with E-state index in [0.717, 1.165) is 31.2 Å². The Balaban J connectivity index is 1.70. The van der Waals surface area contributed by atoms with E-state index in [4.69, 9.17) is 0 Å². The maximum Gasteiger partial charge on any atom is 0.0283 e. The highest BCUT2D eigenvalue weighted by atomic mass is 14.1. The van der Waals surface area contributed by atoms with E-state index in [1.165, 1.54) is 27.8 Å². The monoisotopic (exact) mass is 308 g/mol. The fraction of sp³-hybridized carbons (Fsp3) is 0.167. The Kier molecular flexibility index (Phi) is 4.17. The van der Waals surface area contributed by atoms with Crippen molar-refractivity contribution in [2.24, 2.45) is 0 Å². The van der Waals surface area contributed by atoms with Crippen LogP contribution in [-0.4, -0.2) is 0 Å². The Hall–Kier alpha value is -2.78. The lowest BCUT2D eigenvalue weighted by Crippen LogP contribution is -2.00. The second kappa shape index (κ2) is 6.77. The summed E-state index contributed by atoms with van der Waals surface area (Å²) in [5, 5.41) is 0. The minimum absolute atomic E-state index is 1.04. The summed E-state index contributed by atoms with van der Waals surface area (Å²) in [6.07, 6.45) is 4.27. The Morgan fingerprint density at radius 2 is 1.17 bits per heavy atom. The minimum Gasteiger partial charge on any atom is -0.0622 e. The van der Waals surface area contributed by atoms with Crippen molar-refractivity contribution < 1.29 is 0 Å². The van der Waals surface area contributed by atoms with Gasteiger partial charge in [-0.1, -0.05) is 66.4 Å². The van der Waals surface area contributed by atoms with E-state index < -0.39 is 0 Å². The highest BCUT2D eigenvalue weighted by Crippen LogP contribution is 2.19. The smallest absolute Gasteiger partial charge is 0.0283 e. The van der Waals surface area contributed by atoms with Crippen LogP contribution in [0.1, 0.15) is 33.4 Å². The van der Waals surface area contributed by atoms with Gasteiger partial charge in [0.05, 0.1) is 0 Å². The molecule has 0 heterocycles. The summed E-state index contributed by atoms with van der Waals surface area (Å²) < 4.78 is 0. The summed E-state index contributed by atoms with van der Waals surface area (Å²) in [6.45, 7) is 0. The molecule has 0 atom stereocenters. The lowest BCUT2D eigenvalue weighted by Gasteiger charge is -2.11. The van der Waals surface area contributed by atoms with Gasteiger partial charge in [0.2, 0.25) is 0 Å². The molecule has 0 aliphatic heterocycles. The minimum atomic E-state index is 1.04. The molecular formula is C24H20. The zero-order chi connectivity index (χ0) is 16.2. The van der Waals surface area contributed by atoms with E-state index in [1.807, 2.05) is 18.2 Å². The fourth-order valence-corrected chi connectivity index (χ4v) is 3.21. The lowest BCUT2D eigenvalue weighted by molar-refractivity contribution is 0.918. The molecule has 0 amide bonds. The SMILES string of the molecule is C(#Cc1cc2ccc1CCc1ccc(cc1)CC2)c1ccccc1. The molecule has 24 heavy (non-hydrogen) atoms. The first-order chi connectivity index (χ1) is 11.9. The largest absolute Gasteiger partial charge is 0.0622 e. The van der Waals surface area contributed by atoms with Crippen LogP contribution in [0.2, 0.25) is 0 Å². The first kappa shape index (κ1) is 14.8. The van der Waals surface area contributed by atoms with Crippen LogP contribution in [0.15, 0.2) is 72.8 Å². The summed E-state index contributed by atoms with van der Waals surface area (Å²) in [6, 6.07) is 26.2. The number of hydrogen-bond acceptors (Lipinski definition) is 0. The molecule has 0 N–H and O–H groups in total. The Labute approximate surface area is 144 Å². The molecule has 0 radical (unpaired) electrons. The van der Waals surface area contributed by atoms with Crippen LogP contribution >= 0.6 is 0 Å². The van der Waals surface area contributed by atoms with Gasteiger partial charge in [-0.05, 0) is 66.1 Å². The molecule has 4 aliphatic carbocycles. The van der Waals surface area contributed by atoms with Crippen LogP contribution in [0.4, 0.5) is 0 Å². The van der Waals surface area contributed by atoms with E-state index in [9.17, 15) is 0 Å². The first-order valence-electron chi connectivity index (χ1n) is 8.63. The Morgan fingerprint density at radius 3 is 1.92 bits per heavy atom. The van der Waals surface area contributed by atoms with Crippen LogP contribution < -0.4 is 0 Å². The number of aryl methyl sites for hydroxylation is 4. The van der Waals surface area contributed by atoms with E-state index in [1.54, 1.807) is 0 Å². The molecule has 7 rings (SSSR count). The highest BCUT2D eigenvalue weighted by Gasteiger charge is 2.06. The summed E-state index contributed by atoms with van der Waals surface area (Å²) in [4.78, 5) is 0. The molecule has 0 aromatic heterocycles. The second-order valence-corrected chi connectivity index (χ2v) is 6.42. The van der Waals surface area contributed by atoms with Crippen LogP contribution in [0.25, 0.3) is 0 Å². The molecule has 0 heteroatoms. The lowest BCUT2D eigenvalue weighted by atomic mass is 9.93. The van der Waals surface area contributed by atoms with Gasteiger partial charge >= 0.3 is 0 Å². The third-order valence-corrected chi connectivity index (χ3v) is 4.70. The molecule has 0 saturated carbocycles. The van der Waals surface area contributed by atoms with Gasteiger partial charge in [0, 0.05) is 11.1 Å². The topological polar surface area (TPSA) is 0 Å². The maximum atomic E-state index is 3.42. The maximum absolute atomic E-state index is 3.42. The van der Waals surface area contributed by atoms with Crippen molar-refractivity contribution in [1.29, 1.82) is 0 Å². The van der Waals surface area contributed by atoms with Crippen molar-refractivity contribution >= 4 is 0 Å². The standard InChI is InChI=1S/C24H20/c1-2-4-19(5-3-1)13-17-24-18-22-11-10-20-6-8-21(9-7-20)12-15-23(24)16-14-22/h1-9,14,16,18H,10-12,15H2. The van der Waals surface area contributed by atoms with E-state index in [0.29, 0.717) is 0 Å². The van der Waals surface area contributed by atoms with Crippen molar-refractivity contribution in [1.82, 2.24) is 0 Å². The second-order valence-electron chi connectivity index (χ2n) is 6.42. The van der Waals surface area contributed by atoms with E-state index in [2.05, 4.69) is 66.4 Å². The normalized spacial score (nSPS) is 12.8. The van der Waals surface area contributed by atoms with Crippen LogP contribution in [-0.2, 0) is 25.7 Å². The average molecular weight is 308 g/mol. The summed E-state index contributed by atoms with van der Waals surface area (Å²) in [5.41, 5.74) is 7.81. The van der Waals surface area contributed by atoms with Gasteiger partial charge < -0.3 is 0 Å². The number of hydrogen-bond donors (Lipinski definition) is 0. The number of rotatable bonds is 0. The molecule has 3 aromatic carbocycles. The van der Waals surface area contributed by atoms with Crippen molar-refractivity contribution in [3.8, 4) is 11.8 Å². The molecule has 4 bridgehead atoms. The first-order valence-corrected chi connectivity index (χ1v) is 8.63. The molecule has 0 spiro atoms. The third-order valence-electron chi connectivity index (χ3n) is 4.70. The van der Waals surface area contributed by atoms with E-state index in [-0.39, 0.29) is 0 Å². The van der Waals surface area contributed by atoms with Crippen LogP contribution in [0, 0.1) is 11.8 Å². The van der Waals surface area contributed by atoms with Crippen LogP contribution in [0.5, 0.6) is 0 Å². The third kappa shape index (κ3) is 3.42. The van der Waals surface area contributed by atoms with Gasteiger partial charge in [-0.25, -0.2) is 0 Å². The zero-order valence-electron chi connectivity index (χ0n) is 13.8. The number of benzene rings is 3. The molecular weight excluding hydrogens is 288 g/mol. The summed E-state index contributed by atoms with van der Waals surface area (Å²) >= 11 is 0. The summed E-state index contributed by atoms with van der Waals surface area (Å²) in [5.74, 6) is 6.73. The van der Waals surface area contributed by atoms with Crippen LogP contribution in [0.3, 0.4) is 0 Å². The molecule has 4 aliphatic rings. The van der Waals surface area contributed by atoms with Gasteiger partial charge in [0.25, 0.3) is 0 Å². The van der Waals surface area contributed by atoms with Gasteiger partial charge in [-0.15, -0.1) is 0 Å². The van der Waals surface area contributed by atoms with Crippen molar-refractivity contribution in [3.05, 3.63) is 106 Å². The van der Waals surface area contributed by atoms with E-state index >= 15 is 0 Å². The predicted octanol–water partition coefficient (Wildman–Crippen LogP) is 4.97. The molecule has 0 saturated heterocycles. The Bertz CT molecular complexity index is 890. The average Bonchev–Trinajstić information content (AvgIpc) is 2.63. The van der Waals surface area contributed by atoms with Crippen molar-refractivity contribution in [2.45, 2.75) is 25.7 Å². The predicted molar refractivity (Wildman–Crippen MR) is 100 cm³/mol. The zero-order valence-corrected chi connectivity index (χ0v) is 13.8. The van der Waals surface area contributed by atoms with Gasteiger partial charge in [0.1, 0.15) is 0 Å². The van der Waals surface area contributed by atoms with Gasteiger partial charge in [-0.3, -0.25) is 0 Å². The van der Waals surface area contributed by atoms with Crippen molar-refractivity contribution in [3.63, 3.8) is 0 Å². The fourth-order valence-electron chi connectivity index (χ4n) is 3.21. The molecule has 0 fully saturated rings. The van der Waals surface area contributed by atoms with Crippen molar-refractivity contribution in [2.75, 3.05) is 0 Å². The quantitative estimate of drug-likeness (QED) is 0.514. The molecule has 116 valence electrons. The van der Waals surface area contributed by atoms with Gasteiger partial charge in [-0.2, -0.15) is 0 Å². The molecule has 0 unspecified atom stereocenters. The molecule has 0 nitrogen and oxygen atoms in total. The highest BCUT2D eigenvalue weighted by molar-refractivity contribution is 5.48.